The number of nitrogens with zero attached hydrogens (tertiary/aromatic N) is 1. The lowest BCUT2D eigenvalue weighted by Gasteiger charge is -2.42. The zero-order chi connectivity index (χ0) is 14.8. The molecule has 21 heavy (non-hydrogen) atoms. The SMILES string of the molecule is CC12CCC(C1)C(C)(C)C2Nc1nc2cc(N)ccc2o1. The van der Waals surface area contributed by atoms with Gasteiger partial charge in [-0.15, -0.1) is 0 Å². The normalized spacial score (nSPS) is 33.7. The van der Waals surface area contributed by atoms with E-state index < -0.39 is 0 Å². The molecule has 3 unspecified atom stereocenters. The molecular weight excluding hydrogens is 262 g/mol. The molecule has 2 aliphatic carbocycles. The van der Waals surface area contributed by atoms with Crippen molar-refractivity contribution in [3.63, 3.8) is 0 Å². The van der Waals surface area contributed by atoms with Crippen LogP contribution in [-0.4, -0.2) is 11.0 Å². The van der Waals surface area contributed by atoms with E-state index in [-0.39, 0.29) is 5.41 Å². The lowest BCUT2D eigenvalue weighted by molar-refractivity contribution is 0.153. The van der Waals surface area contributed by atoms with Crippen LogP contribution in [0.4, 0.5) is 11.7 Å². The summed E-state index contributed by atoms with van der Waals surface area (Å²) >= 11 is 0. The van der Waals surface area contributed by atoms with Crippen molar-refractivity contribution in [3.05, 3.63) is 18.2 Å². The average molecular weight is 285 g/mol. The van der Waals surface area contributed by atoms with Crippen LogP contribution in [0.5, 0.6) is 0 Å². The predicted molar refractivity (Wildman–Crippen MR) is 85.1 cm³/mol. The molecule has 112 valence electrons. The molecule has 2 fully saturated rings. The van der Waals surface area contributed by atoms with Gasteiger partial charge in [0.1, 0.15) is 5.52 Å². The van der Waals surface area contributed by atoms with E-state index in [1.165, 1.54) is 19.3 Å². The van der Waals surface area contributed by atoms with E-state index in [0.29, 0.717) is 17.5 Å². The van der Waals surface area contributed by atoms with Crippen molar-refractivity contribution in [2.75, 3.05) is 11.1 Å². The van der Waals surface area contributed by atoms with Gasteiger partial charge in [-0.05, 0) is 54.2 Å². The number of rotatable bonds is 2. The Morgan fingerprint density at radius 3 is 2.86 bits per heavy atom. The third-order valence-electron chi connectivity index (χ3n) is 5.95. The van der Waals surface area contributed by atoms with Gasteiger partial charge in [-0.2, -0.15) is 4.98 Å². The number of oxazole rings is 1. The summed E-state index contributed by atoms with van der Waals surface area (Å²) in [6.07, 6.45) is 3.96. The lowest BCUT2D eigenvalue weighted by atomic mass is 9.68. The van der Waals surface area contributed by atoms with Crippen LogP contribution >= 0.6 is 0 Å². The van der Waals surface area contributed by atoms with Gasteiger partial charge >= 0.3 is 0 Å². The number of anilines is 2. The van der Waals surface area contributed by atoms with Gasteiger partial charge in [0.2, 0.25) is 0 Å². The van der Waals surface area contributed by atoms with Crippen LogP contribution in [0.25, 0.3) is 11.1 Å². The van der Waals surface area contributed by atoms with Crippen molar-refractivity contribution in [2.24, 2.45) is 16.7 Å². The van der Waals surface area contributed by atoms with Crippen molar-refractivity contribution < 1.29 is 4.42 Å². The molecule has 2 aliphatic rings. The van der Waals surface area contributed by atoms with Crippen LogP contribution in [0.1, 0.15) is 40.0 Å². The standard InChI is InChI=1S/C17H23N3O/c1-16(2)10-6-7-17(3,9-10)14(16)20-15-19-12-8-11(18)4-5-13(12)21-15/h4-5,8,10,14H,6-7,9,18H2,1-3H3,(H,19,20). The van der Waals surface area contributed by atoms with Crippen LogP contribution in [0, 0.1) is 16.7 Å². The molecule has 0 aliphatic heterocycles. The maximum atomic E-state index is 5.85. The summed E-state index contributed by atoms with van der Waals surface area (Å²) in [5.41, 5.74) is 8.78. The molecule has 2 saturated carbocycles. The predicted octanol–water partition coefficient (Wildman–Crippen LogP) is 4.04. The number of nitrogens with two attached hydrogens (primary N) is 1. The third kappa shape index (κ3) is 1.78. The van der Waals surface area contributed by atoms with Crippen molar-refractivity contribution >= 4 is 22.8 Å². The highest BCUT2D eigenvalue weighted by atomic mass is 16.4. The monoisotopic (exact) mass is 285 g/mol. The molecule has 3 atom stereocenters. The molecule has 1 aromatic heterocycles. The summed E-state index contributed by atoms with van der Waals surface area (Å²) in [4.78, 5) is 4.56. The molecule has 4 nitrogen and oxygen atoms in total. The van der Waals surface area contributed by atoms with Crippen LogP contribution in [-0.2, 0) is 0 Å². The van der Waals surface area contributed by atoms with E-state index in [9.17, 15) is 0 Å². The zero-order valence-electron chi connectivity index (χ0n) is 12.9. The van der Waals surface area contributed by atoms with E-state index in [2.05, 4.69) is 31.1 Å². The van der Waals surface area contributed by atoms with Gasteiger partial charge in [-0.3, -0.25) is 0 Å². The number of nitrogens with one attached hydrogen (secondary N) is 1. The Morgan fingerprint density at radius 1 is 1.33 bits per heavy atom. The molecule has 3 N–H and O–H groups in total. The molecule has 4 heteroatoms. The number of nitrogen functional groups attached to an aromatic ring is 1. The number of aromatic nitrogens is 1. The van der Waals surface area contributed by atoms with Crippen molar-refractivity contribution in [1.82, 2.24) is 4.98 Å². The number of benzene rings is 1. The van der Waals surface area contributed by atoms with E-state index in [1.807, 2.05) is 18.2 Å². The number of hydrogen-bond acceptors (Lipinski definition) is 4. The average Bonchev–Trinajstić information content (AvgIpc) is 3.03. The first-order chi connectivity index (χ1) is 9.88. The first kappa shape index (κ1) is 13.0. The van der Waals surface area contributed by atoms with Gasteiger partial charge in [0.05, 0.1) is 0 Å². The minimum Gasteiger partial charge on any atom is -0.424 e. The Bertz CT molecular complexity index is 700. The first-order valence-electron chi connectivity index (χ1n) is 7.81. The van der Waals surface area contributed by atoms with E-state index in [4.69, 9.17) is 10.2 Å². The largest absolute Gasteiger partial charge is 0.424 e. The quantitative estimate of drug-likeness (QED) is 0.817. The Balaban J connectivity index is 1.68. The highest BCUT2D eigenvalue weighted by Crippen LogP contribution is 2.63. The molecule has 1 aromatic carbocycles. The van der Waals surface area contributed by atoms with Crippen molar-refractivity contribution in [1.29, 1.82) is 0 Å². The fourth-order valence-electron chi connectivity index (χ4n) is 4.79. The summed E-state index contributed by atoms with van der Waals surface area (Å²) in [6.45, 7) is 7.15. The fraction of sp³-hybridized carbons (Fsp3) is 0.588. The summed E-state index contributed by atoms with van der Waals surface area (Å²) in [6, 6.07) is 6.63. The summed E-state index contributed by atoms with van der Waals surface area (Å²) < 4.78 is 5.85. The van der Waals surface area contributed by atoms with Gasteiger partial charge in [-0.1, -0.05) is 20.8 Å². The molecule has 0 saturated heterocycles. The molecule has 2 bridgehead atoms. The van der Waals surface area contributed by atoms with Gasteiger partial charge in [0, 0.05) is 11.7 Å². The second-order valence-electron chi connectivity index (χ2n) is 7.74. The second kappa shape index (κ2) is 3.93. The van der Waals surface area contributed by atoms with Crippen LogP contribution in [0.3, 0.4) is 0 Å². The Labute approximate surface area is 125 Å². The smallest absolute Gasteiger partial charge is 0.295 e. The fourth-order valence-corrected chi connectivity index (χ4v) is 4.79. The topological polar surface area (TPSA) is 64.1 Å². The van der Waals surface area contributed by atoms with Crippen molar-refractivity contribution in [2.45, 2.75) is 46.1 Å². The maximum Gasteiger partial charge on any atom is 0.295 e. The summed E-state index contributed by atoms with van der Waals surface area (Å²) in [5.74, 6) is 0.806. The maximum absolute atomic E-state index is 5.85. The van der Waals surface area contributed by atoms with E-state index in [1.54, 1.807) is 0 Å². The summed E-state index contributed by atoms with van der Waals surface area (Å²) in [7, 11) is 0. The Kier molecular flexibility index (Phi) is 2.43. The summed E-state index contributed by atoms with van der Waals surface area (Å²) in [5, 5.41) is 3.59. The third-order valence-corrected chi connectivity index (χ3v) is 5.95. The number of fused-ring (bicyclic) bond motifs is 3. The van der Waals surface area contributed by atoms with Gasteiger partial charge < -0.3 is 15.5 Å². The second-order valence-corrected chi connectivity index (χ2v) is 7.74. The Morgan fingerprint density at radius 2 is 2.14 bits per heavy atom. The van der Waals surface area contributed by atoms with Gasteiger partial charge in [0.25, 0.3) is 6.01 Å². The van der Waals surface area contributed by atoms with Crippen molar-refractivity contribution in [3.8, 4) is 0 Å². The highest BCUT2D eigenvalue weighted by molar-refractivity contribution is 5.78. The molecule has 0 spiro atoms. The first-order valence-corrected chi connectivity index (χ1v) is 7.81. The highest BCUT2D eigenvalue weighted by Gasteiger charge is 2.59. The molecule has 1 heterocycles. The minimum absolute atomic E-state index is 0.284. The van der Waals surface area contributed by atoms with Gasteiger partial charge in [0.15, 0.2) is 5.58 Å². The molecule has 0 amide bonds. The van der Waals surface area contributed by atoms with Gasteiger partial charge in [-0.25, -0.2) is 0 Å². The number of hydrogen-bond donors (Lipinski definition) is 2. The molecule has 4 rings (SSSR count). The lowest BCUT2D eigenvalue weighted by Crippen LogP contribution is -2.45. The Hall–Kier alpha value is -1.71. The van der Waals surface area contributed by atoms with Crippen LogP contribution < -0.4 is 11.1 Å². The van der Waals surface area contributed by atoms with Crippen LogP contribution in [0.2, 0.25) is 0 Å². The van der Waals surface area contributed by atoms with E-state index >= 15 is 0 Å². The van der Waals surface area contributed by atoms with Crippen LogP contribution in [0.15, 0.2) is 22.6 Å². The molecule has 0 radical (unpaired) electrons. The molecule has 2 aromatic rings. The zero-order valence-corrected chi connectivity index (χ0v) is 12.9. The van der Waals surface area contributed by atoms with E-state index in [0.717, 1.165) is 22.7 Å². The minimum atomic E-state index is 0.284. The molecular formula is C17H23N3O.